The molecule has 2 N–H and O–H groups in total. The van der Waals surface area contributed by atoms with Crippen LogP contribution in [0.5, 0.6) is 17.4 Å². The fourth-order valence-electron chi connectivity index (χ4n) is 2.15. The van der Waals surface area contributed by atoms with Gasteiger partial charge in [0.15, 0.2) is 0 Å². The van der Waals surface area contributed by atoms with Crippen molar-refractivity contribution in [3.05, 3.63) is 48.3 Å². The molecule has 1 heterocycles. The van der Waals surface area contributed by atoms with E-state index in [1.165, 1.54) is 6.33 Å². The predicted octanol–water partition coefficient (Wildman–Crippen LogP) is 3.32. The van der Waals surface area contributed by atoms with E-state index in [9.17, 15) is 0 Å². The molecule has 0 unspecified atom stereocenters. The quantitative estimate of drug-likeness (QED) is 0.746. The van der Waals surface area contributed by atoms with Gasteiger partial charge in [-0.1, -0.05) is 6.07 Å². The van der Waals surface area contributed by atoms with Crippen molar-refractivity contribution < 1.29 is 9.47 Å². The maximum Gasteiger partial charge on any atom is 0.230 e. The van der Waals surface area contributed by atoms with Gasteiger partial charge >= 0.3 is 0 Å². The zero-order valence-corrected chi connectivity index (χ0v) is 11.8. The highest BCUT2D eigenvalue weighted by atomic mass is 16.5. The first kappa shape index (κ1) is 13.2. The zero-order valence-electron chi connectivity index (χ0n) is 11.8. The van der Waals surface area contributed by atoms with Gasteiger partial charge in [0.25, 0.3) is 0 Å². The number of methoxy groups -OCH3 is 1. The molecule has 0 saturated carbocycles. The molecule has 0 atom stereocenters. The van der Waals surface area contributed by atoms with Gasteiger partial charge in [-0.3, -0.25) is 0 Å². The van der Waals surface area contributed by atoms with Crippen molar-refractivity contribution in [2.24, 2.45) is 0 Å². The molecular formula is C16H15N3O2. The van der Waals surface area contributed by atoms with Crippen LogP contribution in [0.15, 0.2) is 42.7 Å². The number of benzene rings is 2. The van der Waals surface area contributed by atoms with E-state index < -0.39 is 0 Å². The standard InChI is InChI=1S/C16H15N3O2/c1-10-6-14-13(8-15(10)20-2)16(19-9-18-14)21-12-5-3-4-11(17)7-12/h3-9H,17H2,1-2H3. The number of aromatic nitrogens is 2. The second-order valence-corrected chi connectivity index (χ2v) is 4.69. The van der Waals surface area contributed by atoms with Crippen LogP contribution in [-0.4, -0.2) is 17.1 Å². The van der Waals surface area contributed by atoms with Crippen LogP contribution in [0.4, 0.5) is 5.69 Å². The summed E-state index contributed by atoms with van der Waals surface area (Å²) in [5.41, 5.74) is 8.22. The lowest BCUT2D eigenvalue weighted by atomic mass is 10.1. The Morgan fingerprint density at radius 3 is 2.71 bits per heavy atom. The van der Waals surface area contributed by atoms with Gasteiger partial charge in [0.05, 0.1) is 18.0 Å². The number of fused-ring (bicyclic) bond motifs is 1. The molecule has 3 rings (SSSR count). The molecule has 0 saturated heterocycles. The number of rotatable bonds is 3. The van der Waals surface area contributed by atoms with Crippen LogP contribution in [-0.2, 0) is 0 Å². The number of aryl methyl sites for hydroxylation is 1. The van der Waals surface area contributed by atoms with Gasteiger partial charge in [-0.2, -0.15) is 0 Å². The minimum Gasteiger partial charge on any atom is -0.496 e. The lowest BCUT2D eigenvalue weighted by molar-refractivity contribution is 0.412. The normalized spacial score (nSPS) is 10.6. The van der Waals surface area contributed by atoms with Gasteiger partial charge in [-0.25, -0.2) is 9.97 Å². The van der Waals surface area contributed by atoms with Crippen molar-refractivity contribution in [1.82, 2.24) is 9.97 Å². The van der Waals surface area contributed by atoms with Crippen LogP contribution in [0.2, 0.25) is 0 Å². The van der Waals surface area contributed by atoms with E-state index >= 15 is 0 Å². The highest BCUT2D eigenvalue weighted by Gasteiger charge is 2.10. The Balaban J connectivity index is 2.09. The lowest BCUT2D eigenvalue weighted by Crippen LogP contribution is -1.94. The molecule has 5 heteroatoms. The predicted molar refractivity (Wildman–Crippen MR) is 81.8 cm³/mol. The van der Waals surface area contributed by atoms with Crippen LogP contribution in [0, 0.1) is 6.92 Å². The molecule has 5 nitrogen and oxygen atoms in total. The Morgan fingerprint density at radius 2 is 1.95 bits per heavy atom. The summed E-state index contributed by atoms with van der Waals surface area (Å²) >= 11 is 0. The second kappa shape index (κ2) is 5.28. The second-order valence-electron chi connectivity index (χ2n) is 4.69. The monoisotopic (exact) mass is 281 g/mol. The number of anilines is 1. The SMILES string of the molecule is COc1cc2c(Oc3cccc(N)c3)ncnc2cc1C. The van der Waals surface area contributed by atoms with E-state index in [0.29, 0.717) is 17.3 Å². The Morgan fingerprint density at radius 1 is 1.10 bits per heavy atom. The van der Waals surface area contributed by atoms with E-state index in [1.54, 1.807) is 19.2 Å². The number of nitrogens with two attached hydrogens (primary N) is 1. The lowest BCUT2D eigenvalue weighted by Gasteiger charge is -2.10. The van der Waals surface area contributed by atoms with Crippen molar-refractivity contribution in [3.63, 3.8) is 0 Å². The molecule has 0 aliphatic rings. The maximum absolute atomic E-state index is 5.83. The number of hydrogen-bond donors (Lipinski definition) is 1. The molecule has 0 amide bonds. The average Bonchev–Trinajstić information content (AvgIpc) is 2.47. The number of ether oxygens (including phenoxy) is 2. The molecule has 0 radical (unpaired) electrons. The summed E-state index contributed by atoms with van der Waals surface area (Å²) in [5, 5.41) is 0.794. The Hall–Kier alpha value is -2.82. The molecular weight excluding hydrogens is 266 g/mol. The van der Waals surface area contributed by atoms with Crippen molar-refractivity contribution in [2.75, 3.05) is 12.8 Å². The summed E-state index contributed by atoms with van der Waals surface area (Å²) in [6, 6.07) is 11.0. The molecule has 106 valence electrons. The van der Waals surface area contributed by atoms with Crippen molar-refractivity contribution in [3.8, 4) is 17.4 Å². The minimum atomic E-state index is 0.476. The van der Waals surface area contributed by atoms with E-state index in [4.69, 9.17) is 15.2 Å². The highest BCUT2D eigenvalue weighted by molar-refractivity contribution is 5.85. The van der Waals surface area contributed by atoms with Gasteiger partial charge in [-0.05, 0) is 36.8 Å². The van der Waals surface area contributed by atoms with Crippen LogP contribution in [0.25, 0.3) is 10.9 Å². The van der Waals surface area contributed by atoms with Gasteiger partial charge in [0.1, 0.15) is 17.8 Å². The smallest absolute Gasteiger partial charge is 0.230 e. The number of nitrogens with zero attached hydrogens (tertiary/aromatic N) is 2. The molecule has 3 aromatic rings. The summed E-state index contributed by atoms with van der Waals surface area (Å²) in [6.45, 7) is 1.97. The molecule has 0 bridgehead atoms. The summed E-state index contributed by atoms with van der Waals surface area (Å²) in [5.74, 6) is 1.88. The molecule has 0 aliphatic carbocycles. The van der Waals surface area contributed by atoms with Crippen LogP contribution >= 0.6 is 0 Å². The topological polar surface area (TPSA) is 70.3 Å². The van der Waals surface area contributed by atoms with E-state index in [2.05, 4.69) is 9.97 Å². The fraction of sp³-hybridized carbons (Fsp3) is 0.125. The van der Waals surface area contributed by atoms with E-state index in [0.717, 1.165) is 22.2 Å². The van der Waals surface area contributed by atoms with Crippen LogP contribution in [0.1, 0.15) is 5.56 Å². The molecule has 21 heavy (non-hydrogen) atoms. The Kier molecular flexibility index (Phi) is 3.31. The van der Waals surface area contributed by atoms with Crippen molar-refractivity contribution >= 4 is 16.6 Å². The van der Waals surface area contributed by atoms with Crippen LogP contribution in [0.3, 0.4) is 0 Å². The Bertz CT molecular complexity index is 803. The first-order chi connectivity index (χ1) is 10.2. The summed E-state index contributed by atoms with van der Waals surface area (Å²) in [4.78, 5) is 8.47. The van der Waals surface area contributed by atoms with E-state index in [-0.39, 0.29) is 0 Å². The summed E-state index contributed by atoms with van der Waals surface area (Å²) in [6.07, 6.45) is 1.48. The number of nitrogen functional groups attached to an aromatic ring is 1. The fourth-order valence-corrected chi connectivity index (χ4v) is 2.15. The first-order valence-electron chi connectivity index (χ1n) is 6.50. The van der Waals surface area contributed by atoms with Gasteiger partial charge in [-0.15, -0.1) is 0 Å². The molecule has 2 aromatic carbocycles. The molecule has 0 aliphatic heterocycles. The average molecular weight is 281 g/mol. The summed E-state index contributed by atoms with van der Waals surface area (Å²) in [7, 11) is 1.64. The highest BCUT2D eigenvalue weighted by Crippen LogP contribution is 2.31. The van der Waals surface area contributed by atoms with Crippen molar-refractivity contribution in [2.45, 2.75) is 6.92 Å². The Labute approximate surface area is 122 Å². The van der Waals surface area contributed by atoms with Crippen LogP contribution < -0.4 is 15.2 Å². The maximum atomic E-state index is 5.83. The molecule has 0 spiro atoms. The third kappa shape index (κ3) is 2.58. The van der Waals surface area contributed by atoms with E-state index in [1.807, 2.05) is 31.2 Å². The van der Waals surface area contributed by atoms with Crippen molar-refractivity contribution in [1.29, 1.82) is 0 Å². The largest absolute Gasteiger partial charge is 0.496 e. The third-order valence-corrected chi connectivity index (χ3v) is 3.19. The third-order valence-electron chi connectivity index (χ3n) is 3.19. The van der Waals surface area contributed by atoms with Gasteiger partial charge in [0, 0.05) is 11.8 Å². The minimum absolute atomic E-state index is 0.476. The molecule has 1 aromatic heterocycles. The first-order valence-corrected chi connectivity index (χ1v) is 6.50. The number of hydrogen-bond acceptors (Lipinski definition) is 5. The summed E-state index contributed by atoms with van der Waals surface area (Å²) < 4.78 is 11.2. The van der Waals surface area contributed by atoms with Gasteiger partial charge < -0.3 is 15.2 Å². The zero-order chi connectivity index (χ0) is 14.8. The van der Waals surface area contributed by atoms with Gasteiger partial charge in [0.2, 0.25) is 5.88 Å². The molecule has 0 fully saturated rings.